The topological polar surface area (TPSA) is 41.5 Å². The summed E-state index contributed by atoms with van der Waals surface area (Å²) in [5, 5.41) is 13.1. The predicted molar refractivity (Wildman–Crippen MR) is 72.8 cm³/mol. The fourth-order valence-electron chi connectivity index (χ4n) is 1.73. The zero-order valence-corrected chi connectivity index (χ0v) is 10.6. The summed E-state index contributed by atoms with van der Waals surface area (Å²) >= 11 is 0. The van der Waals surface area contributed by atoms with Crippen molar-refractivity contribution in [2.75, 3.05) is 19.0 Å². The van der Waals surface area contributed by atoms with Gasteiger partial charge in [-0.1, -0.05) is 12.1 Å². The number of halogens is 1. The molecule has 0 fully saturated rings. The Balaban J connectivity index is 1.93. The van der Waals surface area contributed by atoms with Crippen LogP contribution in [0.25, 0.3) is 0 Å². The van der Waals surface area contributed by atoms with Gasteiger partial charge in [-0.05, 0) is 42.0 Å². The molecule has 1 atom stereocenters. The maximum atomic E-state index is 12.7. The van der Waals surface area contributed by atoms with Crippen molar-refractivity contribution < 1.29 is 14.2 Å². The van der Waals surface area contributed by atoms with Gasteiger partial charge in [0.2, 0.25) is 0 Å². The molecule has 0 saturated carbocycles. The van der Waals surface area contributed by atoms with Crippen molar-refractivity contribution in [1.82, 2.24) is 0 Å². The monoisotopic (exact) mass is 261 g/mol. The Kier molecular flexibility index (Phi) is 4.36. The Labute approximate surface area is 111 Å². The lowest BCUT2D eigenvalue weighted by Gasteiger charge is -2.13. The molecule has 0 aliphatic heterocycles. The molecular formula is C15H16FNO2. The van der Waals surface area contributed by atoms with Crippen molar-refractivity contribution in [3.8, 4) is 5.75 Å². The number of anilines is 1. The van der Waals surface area contributed by atoms with E-state index < -0.39 is 6.10 Å². The van der Waals surface area contributed by atoms with E-state index in [4.69, 9.17) is 4.74 Å². The lowest BCUT2D eigenvalue weighted by atomic mass is 10.1. The quantitative estimate of drug-likeness (QED) is 0.869. The fourth-order valence-corrected chi connectivity index (χ4v) is 1.73. The Hall–Kier alpha value is -2.07. The molecule has 0 spiro atoms. The average Bonchev–Trinajstić information content (AvgIpc) is 2.46. The van der Waals surface area contributed by atoms with Gasteiger partial charge in [0.25, 0.3) is 0 Å². The molecule has 19 heavy (non-hydrogen) atoms. The Morgan fingerprint density at radius 2 is 1.74 bits per heavy atom. The summed E-state index contributed by atoms with van der Waals surface area (Å²) in [5.41, 5.74) is 1.57. The second-order valence-electron chi connectivity index (χ2n) is 4.18. The number of nitrogens with one attached hydrogen (secondary N) is 1. The van der Waals surface area contributed by atoms with Crippen molar-refractivity contribution >= 4 is 5.69 Å². The maximum Gasteiger partial charge on any atom is 0.123 e. The summed E-state index contributed by atoms with van der Waals surface area (Å²) in [5.74, 6) is 0.476. The van der Waals surface area contributed by atoms with Gasteiger partial charge in [0.1, 0.15) is 11.6 Å². The molecule has 0 bridgehead atoms. The molecular weight excluding hydrogens is 245 g/mol. The molecule has 2 rings (SSSR count). The molecule has 0 amide bonds. The van der Waals surface area contributed by atoms with E-state index in [1.54, 1.807) is 31.4 Å². The van der Waals surface area contributed by atoms with Crippen molar-refractivity contribution in [2.24, 2.45) is 0 Å². The number of methoxy groups -OCH3 is 1. The third-order valence-corrected chi connectivity index (χ3v) is 2.84. The summed E-state index contributed by atoms with van der Waals surface area (Å²) in [7, 11) is 1.60. The highest BCUT2D eigenvalue weighted by Crippen LogP contribution is 2.18. The van der Waals surface area contributed by atoms with Crippen LogP contribution in [-0.2, 0) is 0 Å². The van der Waals surface area contributed by atoms with Crippen LogP contribution >= 0.6 is 0 Å². The van der Waals surface area contributed by atoms with E-state index >= 15 is 0 Å². The molecule has 0 aliphatic carbocycles. The van der Waals surface area contributed by atoms with Gasteiger partial charge in [0.15, 0.2) is 0 Å². The maximum absolute atomic E-state index is 12.7. The van der Waals surface area contributed by atoms with Crippen molar-refractivity contribution in [3.63, 3.8) is 0 Å². The smallest absolute Gasteiger partial charge is 0.123 e. The average molecular weight is 261 g/mol. The molecule has 3 nitrogen and oxygen atoms in total. The highest BCUT2D eigenvalue weighted by molar-refractivity contribution is 5.43. The largest absolute Gasteiger partial charge is 0.497 e. The Morgan fingerprint density at radius 1 is 1.11 bits per heavy atom. The molecule has 2 N–H and O–H groups in total. The third kappa shape index (κ3) is 3.69. The molecule has 1 unspecified atom stereocenters. The van der Waals surface area contributed by atoms with E-state index in [2.05, 4.69) is 5.32 Å². The van der Waals surface area contributed by atoms with E-state index in [0.29, 0.717) is 6.54 Å². The van der Waals surface area contributed by atoms with Crippen molar-refractivity contribution in [3.05, 3.63) is 59.9 Å². The Bertz CT molecular complexity index is 511. The molecule has 2 aromatic rings. The fraction of sp³-hybridized carbons (Fsp3) is 0.200. The van der Waals surface area contributed by atoms with Crippen LogP contribution in [0.15, 0.2) is 48.5 Å². The van der Waals surface area contributed by atoms with E-state index in [1.165, 1.54) is 12.1 Å². The summed E-state index contributed by atoms with van der Waals surface area (Å²) in [4.78, 5) is 0. The van der Waals surface area contributed by atoms with Gasteiger partial charge < -0.3 is 15.2 Å². The second-order valence-corrected chi connectivity index (χ2v) is 4.18. The molecule has 0 saturated heterocycles. The summed E-state index contributed by atoms with van der Waals surface area (Å²) in [6, 6.07) is 13.3. The number of aliphatic hydroxyl groups is 1. The minimum absolute atomic E-state index is 0.277. The predicted octanol–water partition coefficient (Wildman–Crippen LogP) is 2.98. The first-order valence-electron chi connectivity index (χ1n) is 6.00. The lowest BCUT2D eigenvalue weighted by Crippen LogP contribution is -2.12. The second kappa shape index (κ2) is 6.20. The van der Waals surface area contributed by atoms with Gasteiger partial charge in [-0.3, -0.25) is 0 Å². The molecule has 0 heterocycles. The van der Waals surface area contributed by atoms with Gasteiger partial charge in [-0.2, -0.15) is 0 Å². The molecule has 2 aromatic carbocycles. The molecule has 4 heteroatoms. The van der Waals surface area contributed by atoms with Gasteiger partial charge in [-0.15, -0.1) is 0 Å². The first-order chi connectivity index (χ1) is 9.19. The van der Waals surface area contributed by atoms with E-state index in [-0.39, 0.29) is 5.82 Å². The van der Waals surface area contributed by atoms with Crippen LogP contribution in [-0.4, -0.2) is 18.8 Å². The minimum Gasteiger partial charge on any atom is -0.497 e. The van der Waals surface area contributed by atoms with Gasteiger partial charge in [0, 0.05) is 12.2 Å². The van der Waals surface area contributed by atoms with Crippen LogP contribution in [0.4, 0.5) is 10.1 Å². The lowest BCUT2D eigenvalue weighted by molar-refractivity contribution is 0.191. The van der Waals surface area contributed by atoms with Crippen LogP contribution in [0.3, 0.4) is 0 Å². The molecule has 0 radical (unpaired) electrons. The minimum atomic E-state index is -0.629. The molecule has 0 aliphatic rings. The number of hydrogen-bond donors (Lipinski definition) is 2. The summed E-state index contributed by atoms with van der Waals surface area (Å²) < 4.78 is 17.8. The van der Waals surface area contributed by atoms with Gasteiger partial charge in [0.05, 0.1) is 13.2 Å². The van der Waals surface area contributed by atoms with E-state index in [1.807, 2.05) is 12.1 Å². The number of benzene rings is 2. The first-order valence-corrected chi connectivity index (χ1v) is 6.00. The highest BCUT2D eigenvalue weighted by Gasteiger charge is 2.07. The summed E-state index contributed by atoms with van der Waals surface area (Å²) in [6.07, 6.45) is -0.629. The zero-order valence-electron chi connectivity index (χ0n) is 10.6. The number of rotatable bonds is 5. The van der Waals surface area contributed by atoms with E-state index in [9.17, 15) is 9.50 Å². The van der Waals surface area contributed by atoms with Crippen LogP contribution in [0, 0.1) is 5.82 Å². The molecule has 0 aromatic heterocycles. The van der Waals surface area contributed by atoms with Crippen molar-refractivity contribution in [1.29, 1.82) is 0 Å². The third-order valence-electron chi connectivity index (χ3n) is 2.84. The van der Waals surface area contributed by atoms with Crippen LogP contribution < -0.4 is 10.1 Å². The normalized spacial score (nSPS) is 11.9. The van der Waals surface area contributed by atoms with Gasteiger partial charge in [-0.25, -0.2) is 4.39 Å². The van der Waals surface area contributed by atoms with Gasteiger partial charge >= 0.3 is 0 Å². The first kappa shape index (κ1) is 13.4. The number of aliphatic hydroxyl groups excluding tert-OH is 1. The van der Waals surface area contributed by atoms with Crippen LogP contribution in [0.5, 0.6) is 5.75 Å². The molecule has 100 valence electrons. The number of ether oxygens (including phenoxy) is 1. The van der Waals surface area contributed by atoms with Crippen LogP contribution in [0.2, 0.25) is 0 Å². The standard InChI is InChI=1S/C15H16FNO2/c1-19-14-8-2-11(3-9-14)15(18)10-17-13-6-4-12(16)5-7-13/h2-9,15,17-18H,10H2,1H3. The highest BCUT2D eigenvalue weighted by atomic mass is 19.1. The van der Waals surface area contributed by atoms with Crippen molar-refractivity contribution in [2.45, 2.75) is 6.10 Å². The SMILES string of the molecule is COc1ccc(C(O)CNc2ccc(F)cc2)cc1. The number of hydrogen-bond acceptors (Lipinski definition) is 3. The van der Waals surface area contributed by atoms with Crippen LogP contribution in [0.1, 0.15) is 11.7 Å². The Morgan fingerprint density at radius 3 is 2.32 bits per heavy atom. The summed E-state index contributed by atoms with van der Waals surface area (Å²) in [6.45, 7) is 0.359. The van der Waals surface area contributed by atoms with E-state index in [0.717, 1.165) is 17.0 Å². The zero-order chi connectivity index (χ0) is 13.7.